The Balaban J connectivity index is 1.77. The number of carbonyl (C=O) groups is 1. The molecule has 0 aliphatic rings. The van der Waals surface area contributed by atoms with Crippen molar-refractivity contribution in [3.8, 4) is 5.75 Å². The Morgan fingerprint density at radius 1 is 1.09 bits per heavy atom. The molecule has 0 aliphatic carbocycles. The van der Waals surface area contributed by atoms with Gasteiger partial charge in [0.25, 0.3) is 0 Å². The molecule has 0 fully saturated rings. The quantitative estimate of drug-likeness (QED) is 0.550. The zero-order valence-electron chi connectivity index (χ0n) is 13.3. The maximum absolute atomic E-state index is 10.9. The smallest absolute Gasteiger partial charge is 0.303 e. The number of nitrogens with zero attached hydrogens (tertiary/aromatic N) is 2. The van der Waals surface area contributed by atoms with E-state index >= 15 is 0 Å². The van der Waals surface area contributed by atoms with Crippen LogP contribution in [-0.4, -0.2) is 29.2 Å². The molecule has 0 aromatic carbocycles. The molecule has 0 aliphatic heterocycles. The Morgan fingerprint density at radius 3 is 2.70 bits per heavy atom. The summed E-state index contributed by atoms with van der Waals surface area (Å²) in [6.07, 6.45) is 3.37. The molecule has 23 heavy (non-hydrogen) atoms. The van der Waals surface area contributed by atoms with Crippen LogP contribution in [0, 0.1) is 6.92 Å². The first kappa shape index (κ1) is 16.9. The first-order valence-corrected chi connectivity index (χ1v) is 7.35. The summed E-state index contributed by atoms with van der Waals surface area (Å²) in [5.41, 5.74) is 2.43. The molecule has 0 atom stereocenters. The molecule has 0 spiro atoms. The third kappa shape index (κ3) is 5.67. The highest BCUT2D eigenvalue weighted by Crippen LogP contribution is 2.20. The highest BCUT2D eigenvalue weighted by Gasteiger charge is 2.08. The number of carbonyl (C=O) groups excluding carboxylic acids is 1. The van der Waals surface area contributed by atoms with Crippen molar-refractivity contribution in [1.29, 1.82) is 0 Å². The van der Waals surface area contributed by atoms with Gasteiger partial charge < -0.3 is 14.2 Å². The van der Waals surface area contributed by atoms with E-state index < -0.39 is 0 Å². The largest absolute Gasteiger partial charge is 0.491 e. The topological polar surface area (TPSA) is 70.5 Å². The Morgan fingerprint density at radius 2 is 1.96 bits per heavy atom. The van der Waals surface area contributed by atoms with E-state index in [1.165, 1.54) is 6.92 Å². The number of aromatic nitrogens is 2. The summed E-state index contributed by atoms with van der Waals surface area (Å²) in [4.78, 5) is 19.2. The summed E-state index contributed by atoms with van der Waals surface area (Å²) in [7, 11) is 0. The van der Waals surface area contributed by atoms with Gasteiger partial charge in [0.15, 0.2) is 0 Å². The molecule has 0 unspecified atom stereocenters. The molecule has 6 heteroatoms. The lowest BCUT2D eigenvalue weighted by Gasteiger charge is -2.12. The van der Waals surface area contributed by atoms with Gasteiger partial charge in [-0.1, -0.05) is 6.07 Å². The highest BCUT2D eigenvalue weighted by atomic mass is 16.5. The average molecular weight is 316 g/mol. The van der Waals surface area contributed by atoms with Crippen molar-refractivity contribution < 1.29 is 19.0 Å². The van der Waals surface area contributed by atoms with E-state index in [0.29, 0.717) is 31.3 Å². The van der Waals surface area contributed by atoms with Crippen LogP contribution in [0.1, 0.15) is 23.9 Å². The van der Waals surface area contributed by atoms with Gasteiger partial charge in [-0.15, -0.1) is 0 Å². The number of rotatable bonds is 8. The fourth-order valence-electron chi connectivity index (χ4n) is 1.90. The van der Waals surface area contributed by atoms with Crippen LogP contribution in [0.15, 0.2) is 36.7 Å². The van der Waals surface area contributed by atoms with Gasteiger partial charge in [0.1, 0.15) is 19.0 Å². The van der Waals surface area contributed by atoms with Crippen molar-refractivity contribution in [2.24, 2.45) is 0 Å². The Labute approximate surface area is 135 Å². The Hall–Kier alpha value is -2.47. The van der Waals surface area contributed by atoms with E-state index in [1.807, 2.05) is 25.1 Å². The van der Waals surface area contributed by atoms with Gasteiger partial charge in [-0.3, -0.25) is 14.8 Å². The first-order valence-electron chi connectivity index (χ1n) is 7.35. The highest BCUT2D eigenvalue weighted by molar-refractivity contribution is 5.65. The minimum Gasteiger partial charge on any atom is -0.491 e. The van der Waals surface area contributed by atoms with E-state index in [4.69, 9.17) is 14.2 Å². The normalized spacial score (nSPS) is 10.3. The molecular formula is C17H20N2O4. The van der Waals surface area contributed by atoms with Crippen LogP contribution in [0.5, 0.6) is 5.75 Å². The number of hydrogen-bond donors (Lipinski definition) is 0. The second-order valence-electron chi connectivity index (χ2n) is 4.88. The van der Waals surface area contributed by atoms with E-state index in [-0.39, 0.29) is 12.6 Å². The second kappa shape index (κ2) is 8.85. The minimum atomic E-state index is -0.333. The molecule has 6 nitrogen and oxygen atoms in total. The average Bonchev–Trinajstić information content (AvgIpc) is 2.55. The van der Waals surface area contributed by atoms with Crippen LogP contribution in [0.4, 0.5) is 0 Å². The van der Waals surface area contributed by atoms with Gasteiger partial charge >= 0.3 is 5.97 Å². The molecule has 2 rings (SSSR count). The zero-order valence-corrected chi connectivity index (χ0v) is 13.3. The lowest BCUT2D eigenvalue weighted by molar-refractivity contribution is -0.142. The van der Waals surface area contributed by atoms with Gasteiger partial charge in [0.2, 0.25) is 0 Å². The summed E-state index contributed by atoms with van der Waals surface area (Å²) >= 11 is 0. The van der Waals surface area contributed by atoms with Gasteiger partial charge in [0, 0.05) is 24.9 Å². The van der Waals surface area contributed by atoms with Crippen LogP contribution < -0.4 is 4.74 Å². The van der Waals surface area contributed by atoms with Crippen molar-refractivity contribution in [3.63, 3.8) is 0 Å². The SMILES string of the molecule is CC(=O)OCc1nccc(OCCOCc2ccccn2)c1C. The van der Waals surface area contributed by atoms with E-state index in [2.05, 4.69) is 9.97 Å². The van der Waals surface area contributed by atoms with E-state index in [1.54, 1.807) is 18.5 Å². The van der Waals surface area contributed by atoms with Crippen molar-refractivity contribution in [2.45, 2.75) is 27.1 Å². The summed E-state index contributed by atoms with van der Waals surface area (Å²) in [5.74, 6) is 0.379. The number of esters is 1. The summed E-state index contributed by atoms with van der Waals surface area (Å²) < 4.78 is 16.2. The molecule has 2 aromatic rings. The van der Waals surface area contributed by atoms with Crippen LogP contribution in [-0.2, 0) is 27.5 Å². The lowest BCUT2D eigenvalue weighted by atomic mass is 10.2. The predicted octanol–water partition coefficient (Wildman–Crippen LogP) is 2.44. The van der Waals surface area contributed by atoms with Gasteiger partial charge in [-0.25, -0.2) is 0 Å². The molecule has 0 saturated heterocycles. The number of hydrogen-bond acceptors (Lipinski definition) is 6. The zero-order chi connectivity index (χ0) is 16.5. The van der Waals surface area contributed by atoms with Crippen molar-refractivity contribution in [2.75, 3.05) is 13.2 Å². The Bertz CT molecular complexity index is 632. The summed E-state index contributed by atoms with van der Waals surface area (Å²) in [6.45, 7) is 4.73. The molecule has 0 N–H and O–H groups in total. The fourth-order valence-corrected chi connectivity index (χ4v) is 1.90. The molecule has 2 aromatic heterocycles. The van der Waals surface area contributed by atoms with Gasteiger partial charge in [0.05, 0.1) is 24.6 Å². The van der Waals surface area contributed by atoms with Crippen LogP contribution in [0.3, 0.4) is 0 Å². The molecular weight excluding hydrogens is 296 g/mol. The lowest BCUT2D eigenvalue weighted by Crippen LogP contribution is -2.09. The maximum Gasteiger partial charge on any atom is 0.303 e. The van der Waals surface area contributed by atoms with E-state index in [0.717, 1.165) is 11.3 Å². The molecule has 0 bridgehead atoms. The standard InChI is InChI=1S/C17H20N2O4/c1-13-16(12-23-14(2)20)19-8-6-17(13)22-10-9-21-11-15-5-3-4-7-18-15/h3-8H,9-12H2,1-2H3. The number of ether oxygens (including phenoxy) is 3. The van der Waals surface area contributed by atoms with Crippen molar-refractivity contribution in [1.82, 2.24) is 9.97 Å². The van der Waals surface area contributed by atoms with Crippen LogP contribution in [0.25, 0.3) is 0 Å². The summed E-state index contributed by atoms with van der Waals surface area (Å²) in [5, 5.41) is 0. The third-order valence-corrected chi connectivity index (χ3v) is 3.13. The number of pyridine rings is 2. The predicted molar refractivity (Wildman–Crippen MR) is 83.8 cm³/mol. The van der Waals surface area contributed by atoms with Crippen molar-refractivity contribution >= 4 is 5.97 Å². The fraction of sp³-hybridized carbons (Fsp3) is 0.353. The molecule has 0 saturated carbocycles. The van der Waals surface area contributed by atoms with Crippen molar-refractivity contribution in [3.05, 3.63) is 53.6 Å². The monoisotopic (exact) mass is 316 g/mol. The Kier molecular flexibility index (Phi) is 6.50. The molecule has 2 heterocycles. The minimum absolute atomic E-state index is 0.147. The molecule has 0 radical (unpaired) electrons. The maximum atomic E-state index is 10.9. The molecule has 0 amide bonds. The van der Waals surface area contributed by atoms with Gasteiger partial charge in [-0.2, -0.15) is 0 Å². The van der Waals surface area contributed by atoms with Gasteiger partial charge in [-0.05, 0) is 25.1 Å². The van der Waals surface area contributed by atoms with Crippen LogP contribution >= 0.6 is 0 Å². The summed E-state index contributed by atoms with van der Waals surface area (Å²) in [6, 6.07) is 7.49. The van der Waals surface area contributed by atoms with E-state index in [9.17, 15) is 4.79 Å². The molecule has 122 valence electrons. The first-order chi connectivity index (χ1) is 11.2. The third-order valence-electron chi connectivity index (χ3n) is 3.13. The van der Waals surface area contributed by atoms with Crippen LogP contribution in [0.2, 0.25) is 0 Å². The second-order valence-corrected chi connectivity index (χ2v) is 4.88.